The number of nitro groups is 1. The van der Waals surface area contributed by atoms with Crippen molar-refractivity contribution in [2.24, 2.45) is 5.14 Å². The lowest BCUT2D eigenvalue weighted by molar-refractivity contribution is -0.384. The van der Waals surface area contributed by atoms with Gasteiger partial charge in [-0.2, -0.15) is 0 Å². The summed E-state index contributed by atoms with van der Waals surface area (Å²) in [6.45, 7) is 0. The molecule has 0 radical (unpaired) electrons. The van der Waals surface area contributed by atoms with Crippen molar-refractivity contribution in [2.75, 3.05) is 5.32 Å². The highest BCUT2D eigenvalue weighted by molar-refractivity contribution is 7.89. The maximum atomic E-state index is 12.2. The van der Waals surface area contributed by atoms with Crippen molar-refractivity contribution in [3.8, 4) is 0 Å². The predicted octanol–water partition coefficient (Wildman–Crippen LogP) is 2.80. The summed E-state index contributed by atoms with van der Waals surface area (Å²) in [6.07, 6.45) is 0. The summed E-state index contributed by atoms with van der Waals surface area (Å²) >= 11 is 11.6. The summed E-state index contributed by atoms with van der Waals surface area (Å²) in [7, 11) is -4.10. The molecule has 0 aliphatic carbocycles. The molecule has 11 heteroatoms. The second-order valence-corrected chi connectivity index (χ2v) is 6.91. The number of carbonyl (C=O) groups is 1. The van der Waals surface area contributed by atoms with Crippen molar-refractivity contribution in [2.45, 2.75) is 4.90 Å². The molecule has 2 aromatic rings. The maximum absolute atomic E-state index is 12.2. The number of rotatable bonds is 4. The molecular weight excluding hydrogens is 381 g/mol. The van der Waals surface area contributed by atoms with Crippen LogP contribution in [0, 0.1) is 10.1 Å². The average molecular weight is 390 g/mol. The van der Waals surface area contributed by atoms with E-state index in [1.807, 2.05) is 0 Å². The minimum atomic E-state index is -4.10. The Morgan fingerprint density at radius 3 is 2.33 bits per heavy atom. The first-order chi connectivity index (χ1) is 11.1. The second kappa shape index (κ2) is 6.73. The Hall–Kier alpha value is -2.20. The van der Waals surface area contributed by atoms with E-state index in [1.54, 1.807) is 0 Å². The maximum Gasteiger partial charge on any atom is 0.271 e. The van der Waals surface area contributed by atoms with Gasteiger partial charge in [-0.25, -0.2) is 13.6 Å². The van der Waals surface area contributed by atoms with E-state index in [0.717, 1.165) is 12.1 Å². The largest absolute Gasteiger partial charge is 0.321 e. The number of nitrogens with zero attached hydrogens (tertiary/aromatic N) is 1. The lowest BCUT2D eigenvalue weighted by Crippen LogP contribution is -2.16. The number of sulfonamides is 1. The lowest BCUT2D eigenvalue weighted by atomic mass is 10.2. The number of carbonyl (C=O) groups excluding carboxylic acids is 1. The zero-order valence-corrected chi connectivity index (χ0v) is 14.0. The number of halogens is 2. The summed E-state index contributed by atoms with van der Waals surface area (Å²) in [5.74, 6) is -0.688. The van der Waals surface area contributed by atoms with E-state index in [9.17, 15) is 23.3 Å². The van der Waals surface area contributed by atoms with Crippen LogP contribution < -0.4 is 10.5 Å². The number of nitro benzene ring substituents is 1. The number of anilines is 1. The summed E-state index contributed by atoms with van der Waals surface area (Å²) in [5.41, 5.74) is -0.141. The van der Waals surface area contributed by atoms with Gasteiger partial charge in [0.15, 0.2) is 0 Å². The molecule has 0 unspecified atom stereocenters. The second-order valence-electron chi connectivity index (χ2n) is 4.57. The van der Waals surface area contributed by atoms with Crippen LogP contribution in [0.25, 0.3) is 0 Å². The van der Waals surface area contributed by atoms with Gasteiger partial charge in [0.05, 0.1) is 20.7 Å². The van der Waals surface area contributed by atoms with Crippen LogP contribution >= 0.6 is 23.2 Å². The number of nitrogens with one attached hydrogen (secondary N) is 1. The Balaban J connectivity index is 2.33. The van der Waals surface area contributed by atoms with Gasteiger partial charge in [-0.3, -0.25) is 14.9 Å². The molecule has 0 atom stereocenters. The molecule has 2 aromatic carbocycles. The standard InChI is InChI=1S/C13H9Cl2N3O5S/c14-9-3-1-7(5-12(9)24(16,22)23)13(19)17-11-4-2-8(18(20)21)6-10(11)15/h1-6H,(H,17,19)(H2,16,22,23). The van der Waals surface area contributed by atoms with Gasteiger partial charge in [0, 0.05) is 17.7 Å². The van der Waals surface area contributed by atoms with Crippen molar-refractivity contribution in [3.05, 3.63) is 62.1 Å². The molecular formula is C13H9Cl2N3O5S. The third kappa shape index (κ3) is 4.01. The van der Waals surface area contributed by atoms with Crippen molar-refractivity contribution in [3.63, 3.8) is 0 Å². The molecule has 0 spiro atoms. The minimum absolute atomic E-state index is 0.0298. The van der Waals surface area contributed by atoms with E-state index >= 15 is 0 Å². The van der Waals surface area contributed by atoms with Crippen LogP contribution in [0.5, 0.6) is 0 Å². The Morgan fingerprint density at radius 2 is 1.79 bits per heavy atom. The van der Waals surface area contributed by atoms with E-state index in [1.165, 1.54) is 24.3 Å². The van der Waals surface area contributed by atoms with E-state index in [4.69, 9.17) is 28.3 Å². The zero-order valence-electron chi connectivity index (χ0n) is 11.7. The fourth-order valence-electron chi connectivity index (χ4n) is 1.78. The van der Waals surface area contributed by atoms with Gasteiger partial charge < -0.3 is 5.32 Å². The molecule has 0 saturated carbocycles. The van der Waals surface area contributed by atoms with Gasteiger partial charge >= 0.3 is 0 Å². The first-order valence-electron chi connectivity index (χ1n) is 6.17. The quantitative estimate of drug-likeness (QED) is 0.612. The van der Waals surface area contributed by atoms with Crippen molar-refractivity contribution in [1.29, 1.82) is 0 Å². The van der Waals surface area contributed by atoms with Gasteiger partial charge in [0.25, 0.3) is 11.6 Å². The molecule has 0 fully saturated rings. The number of nitrogens with two attached hydrogens (primary N) is 1. The van der Waals surface area contributed by atoms with Crippen LogP contribution in [0.1, 0.15) is 10.4 Å². The average Bonchev–Trinajstić information content (AvgIpc) is 2.48. The number of primary sulfonamides is 1. The number of non-ortho nitro benzene ring substituents is 1. The molecule has 0 bridgehead atoms. The number of benzene rings is 2. The first kappa shape index (κ1) is 18.1. The molecule has 24 heavy (non-hydrogen) atoms. The van der Waals surface area contributed by atoms with Crippen LogP contribution in [-0.2, 0) is 10.0 Å². The van der Waals surface area contributed by atoms with Crippen LogP contribution in [0.2, 0.25) is 10.0 Å². The van der Waals surface area contributed by atoms with E-state index in [-0.39, 0.29) is 27.0 Å². The minimum Gasteiger partial charge on any atom is -0.321 e. The summed E-state index contributed by atoms with van der Waals surface area (Å²) in [6, 6.07) is 7.04. The molecule has 2 rings (SSSR count). The first-order valence-corrected chi connectivity index (χ1v) is 8.47. The van der Waals surface area contributed by atoms with Crippen LogP contribution in [0.3, 0.4) is 0 Å². The van der Waals surface area contributed by atoms with Gasteiger partial charge in [0.2, 0.25) is 10.0 Å². The Labute approximate surface area is 146 Å². The van der Waals surface area contributed by atoms with Gasteiger partial charge in [0.1, 0.15) is 4.90 Å². The molecule has 0 aromatic heterocycles. The fraction of sp³-hybridized carbons (Fsp3) is 0. The summed E-state index contributed by atoms with van der Waals surface area (Å²) < 4.78 is 22.8. The molecule has 126 valence electrons. The summed E-state index contributed by atoms with van der Waals surface area (Å²) in [4.78, 5) is 21.8. The van der Waals surface area contributed by atoms with E-state index in [0.29, 0.717) is 0 Å². The van der Waals surface area contributed by atoms with Crippen molar-refractivity contribution in [1.82, 2.24) is 0 Å². The van der Waals surface area contributed by atoms with E-state index in [2.05, 4.69) is 5.32 Å². The molecule has 0 saturated heterocycles. The van der Waals surface area contributed by atoms with E-state index < -0.39 is 25.7 Å². The molecule has 3 N–H and O–H groups in total. The highest BCUT2D eigenvalue weighted by Gasteiger charge is 2.17. The van der Waals surface area contributed by atoms with Crippen LogP contribution in [0.4, 0.5) is 11.4 Å². The third-order valence-electron chi connectivity index (χ3n) is 2.91. The van der Waals surface area contributed by atoms with Crippen molar-refractivity contribution < 1.29 is 18.1 Å². The van der Waals surface area contributed by atoms with Crippen LogP contribution in [0.15, 0.2) is 41.3 Å². The molecule has 0 heterocycles. The molecule has 8 nitrogen and oxygen atoms in total. The van der Waals surface area contributed by atoms with Crippen LogP contribution in [-0.4, -0.2) is 19.2 Å². The van der Waals surface area contributed by atoms with Gasteiger partial charge in [-0.15, -0.1) is 0 Å². The smallest absolute Gasteiger partial charge is 0.271 e. The number of hydrogen-bond acceptors (Lipinski definition) is 5. The normalized spacial score (nSPS) is 11.1. The Bertz CT molecular complexity index is 947. The molecule has 1 amide bonds. The fourth-order valence-corrected chi connectivity index (χ4v) is 3.07. The number of hydrogen-bond donors (Lipinski definition) is 2. The Kier molecular flexibility index (Phi) is 5.09. The highest BCUT2D eigenvalue weighted by Crippen LogP contribution is 2.28. The number of amides is 1. The highest BCUT2D eigenvalue weighted by atomic mass is 35.5. The van der Waals surface area contributed by atoms with Gasteiger partial charge in [-0.05, 0) is 24.3 Å². The Morgan fingerprint density at radius 1 is 1.12 bits per heavy atom. The predicted molar refractivity (Wildman–Crippen MR) is 88.9 cm³/mol. The third-order valence-corrected chi connectivity index (χ3v) is 4.62. The zero-order chi connectivity index (χ0) is 18.1. The topological polar surface area (TPSA) is 132 Å². The SMILES string of the molecule is NS(=O)(=O)c1cc(C(=O)Nc2ccc([N+](=O)[O-])cc2Cl)ccc1Cl. The monoisotopic (exact) mass is 389 g/mol. The van der Waals surface area contributed by atoms with Gasteiger partial charge in [-0.1, -0.05) is 23.2 Å². The lowest BCUT2D eigenvalue weighted by Gasteiger charge is -2.09. The molecule has 0 aliphatic heterocycles. The summed E-state index contributed by atoms with van der Waals surface area (Å²) in [5, 5.41) is 17.9. The molecule has 0 aliphatic rings. The van der Waals surface area contributed by atoms with Crippen molar-refractivity contribution >= 4 is 50.5 Å².